The highest BCUT2D eigenvalue weighted by Gasteiger charge is 2.62. The fourth-order valence-corrected chi connectivity index (χ4v) is 5.05. The molecule has 4 rings (SSSR count). The summed E-state index contributed by atoms with van der Waals surface area (Å²) in [6.45, 7) is -4.69. The zero-order valence-corrected chi connectivity index (χ0v) is 17.2. The zero-order valence-electron chi connectivity index (χ0n) is 15.5. The van der Waals surface area contributed by atoms with Crippen molar-refractivity contribution >= 4 is 18.5 Å². The first-order valence-corrected chi connectivity index (χ1v) is 11.5. The number of alkyl halides is 3. The number of nitrogens with zero attached hydrogens (tertiary/aromatic N) is 1. The summed E-state index contributed by atoms with van der Waals surface area (Å²) < 4.78 is 64.9. The predicted octanol–water partition coefficient (Wildman–Crippen LogP) is 1.62. The van der Waals surface area contributed by atoms with Crippen molar-refractivity contribution in [1.82, 2.24) is 9.55 Å². The highest BCUT2D eigenvalue weighted by Crippen LogP contribution is 2.56. The van der Waals surface area contributed by atoms with E-state index in [2.05, 4.69) is 0 Å². The summed E-state index contributed by atoms with van der Waals surface area (Å²) in [7, 11) is 0. The van der Waals surface area contributed by atoms with Crippen molar-refractivity contribution in [3.05, 3.63) is 62.9 Å². The fraction of sp³-hybridized carbons (Fsp3) is 0.412. The summed E-state index contributed by atoms with van der Waals surface area (Å²) in [6.07, 6.45) is -9.23. The van der Waals surface area contributed by atoms with E-state index in [1.807, 2.05) is 4.98 Å². The number of aromatic nitrogens is 2. The molecule has 1 fully saturated rings. The van der Waals surface area contributed by atoms with E-state index in [4.69, 9.17) is 30.1 Å². The number of rotatable bonds is 5. The number of fused-ring (bicyclic) bond motifs is 1. The van der Waals surface area contributed by atoms with Gasteiger partial charge in [0.05, 0.1) is 13.2 Å². The van der Waals surface area contributed by atoms with Crippen molar-refractivity contribution in [3.8, 4) is 5.75 Å². The minimum absolute atomic E-state index is 0.00701. The van der Waals surface area contributed by atoms with Crippen molar-refractivity contribution in [2.24, 2.45) is 0 Å². The minimum atomic E-state index is -3.58. The summed E-state index contributed by atoms with van der Waals surface area (Å²) in [5, 5.41) is 10.2. The Morgan fingerprint density at radius 2 is 2.10 bits per heavy atom. The first-order valence-electron chi connectivity index (χ1n) is 8.91. The topological polar surface area (TPSA) is 112 Å². The Morgan fingerprint density at radius 3 is 2.81 bits per heavy atom. The standard InChI is InChI=1S/C17H16F3N2O7PS/c18-13-12(24)14(22-6-5-11(23)21-16(22)25)28-17(13,15(19)20)8-27-30(31)26-7-9-3-1-2-4-10(9)29-30/h1-6,12-15,24H,7-8H2,(H,21,23,25)/t12-,13+,14-,17-,30?/m1/s1. The van der Waals surface area contributed by atoms with Crippen LogP contribution in [0.15, 0.2) is 46.1 Å². The molecule has 2 N–H and O–H groups in total. The smallest absolute Gasteiger partial charge is 0.381 e. The molecule has 14 heteroatoms. The molecule has 31 heavy (non-hydrogen) atoms. The first kappa shape index (κ1) is 22.2. The molecule has 0 bridgehead atoms. The van der Waals surface area contributed by atoms with Gasteiger partial charge in [-0.1, -0.05) is 18.2 Å². The average Bonchev–Trinajstić information content (AvgIpc) is 2.98. The van der Waals surface area contributed by atoms with Gasteiger partial charge in [-0.05, 0) is 6.07 Å². The normalized spacial score (nSPS) is 32.6. The molecule has 0 radical (unpaired) electrons. The molecule has 0 spiro atoms. The van der Waals surface area contributed by atoms with Gasteiger partial charge < -0.3 is 14.4 Å². The van der Waals surface area contributed by atoms with Gasteiger partial charge >= 0.3 is 12.4 Å². The molecule has 5 atom stereocenters. The lowest BCUT2D eigenvalue weighted by Gasteiger charge is -2.33. The summed E-state index contributed by atoms with van der Waals surface area (Å²) in [5.74, 6) is 0.352. The Balaban J connectivity index is 1.58. The highest BCUT2D eigenvalue weighted by molar-refractivity contribution is 8.07. The molecule has 1 aromatic carbocycles. The third-order valence-electron chi connectivity index (χ3n) is 4.90. The molecular formula is C17H16F3N2O7PS. The molecule has 9 nitrogen and oxygen atoms in total. The maximum Gasteiger partial charge on any atom is 0.381 e. The molecule has 0 saturated carbocycles. The SMILES string of the molecule is O=c1ccn([C@@H]2O[C@@](COP3(=S)OCc4ccccc4O3)(C(F)F)[C@@H](F)[C@H]2O)c(=O)[nH]1. The third kappa shape index (κ3) is 3.97. The second-order valence-corrected chi connectivity index (χ2v) is 9.80. The van der Waals surface area contributed by atoms with Crippen LogP contribution in [0.25, 0.3) is 0 Å². The molecule has 1 unspecified atom stereocenters. The van der Waals surface area contributed by atoms with Crippen LogP contribution in [-0.4, -0.2) is 45.6 Å². The van der Waals surface area contributed by atoms with E-state index in [0.29, 0.717) is 15.9 Å². The van der Waals surface area contributed by atoms with Gasteiger partial charge in [0.25, 0.3) is 12.0 Å². The second kappa shape index (κ2) is 8.15. The number of aliphatic hydroxyl groups excluding tert-OH is 1. The largest absolute Gasteiger partial charge is 0.424 e. The van der Waals surface area contributed by atoms with Crippen LogP contribution >= 0.6 is 6.72 Å². The van der Waals surface area contributed by atoms with E-state index in [-0.39, 0.29) is 6.61 Å². The van der Waals surface area contributed by atoms with Crippen molar-refractivity contribution < 1.29 is 36.6 Å². The van der Waals surface area contributed by atoms with E-state index in [0.717, 1.165) is 12.3 Å². The first-order chi connectivity index (χ1) is 14.7. The third-order valence-corrected chi connectivity index (χ3v) is 7.07. The maximum absolute atomic E-state index is 14.9. The number of aromatic amines is 1. The number of H-pyrrole nitrogens is 1. The van der Waals surface area contributed by atoms with Crippen LogP contribution in [0.2, 0.25) is 0 Å². The van der Waals surface area contributed by atoms with Gasteiger partial charge in [0.1, 0.15) is 11.9 Å². The van der Waals surface area contributed by atoms with E-state index in [1.54, 1.807) is 24.3 Å². The Bertz CT molecular complexity index is 1140. The lowest BCUT2D eigenvalue weighted by molar-refractivity contribution is -0.183. The number of ether oxygens (including phenoxy) is 1. The highest BCUT2D eigenvalue weighted by atomic mass is 32.5. The predicted molar refractivity (Wildman–Crippen MR) is 103 cm³/mol. The maximum atomic E-state index is 14.9. The average molecular weight is 480 g/mol. The van der Waals surface area contributed by atoms with Gasteiger partial charge in [-0.25, -0.2) is 18.0 Å². The second-order valence-electron chi connectivity index (χ2n) is 6.87. The number of nitrogens with one attached hydrogen (secondary N) is 1. The van der Waals surface area contributed by atoms with Gasteiger partial charge in [0.2, 0.25) is 0 Å². The molecule has 168 valence electrons. The zero-order chi connectivity index (χ0) is 22.4. The summed E-state index contributed by atoms with van der Waals surface area (Å²) >= 11 is 5.19. The number of aliphatic hydroxyl groups is 1. The Morgan fingerprint density at radius 1 is 1.35 bits per heavy atom. The quantitative estimate of drug-likeness (QED) is 0.622. The summed E-state index contributed by atoms with van der Waals surface area (Å²) in [6, 6.07) is 7.62. The molecule has 1 aromatic heterocycles. The molecule has 2 aliphatic heterocycles. The number of halogens is 3. The van der Waals surface area contributed by atoms with Crippen molar-refractivity contribution in [2.75, 3.05) is 6.61 Å². The minimum Gasteiger partial charge on any atom is -0.424 e. The molecule has 0 amide bonds. The Kier molecular flexibility index (Phi) is 5.83. The fourth-order valence-electron chi connectivity index (χ4n) is 3.24. The van der Waals surface area contributed by atoms with Crippen LogP contribution in [0, 0.1) is 0 Å². The van der Waals surface area contributed by atoms with E-state index in [1.165, 1.54) is 0 Å². The lowest BCUT2D eigenvalue weighted by atomic mass is 9.98. The van der Waals surface area contributed by atoms with Gasteiger partial charge in [-0.15, -0.1) is 0 Å². The van der Waals surface area contributed by atoms with E-state index >= 15 is 0 Å². The van der Waals surface area contributed by atoms with Crippen LogP contribution in [0.5, 0.6) is 5.75 Å². The van der Waals surface area contributed by atoms with E-state index < -0.39 is 55.1 Å². The van der Waals surface area contributed by atoms with Crippen LogP contribution in [0.1, 0.15) is 11.8 Å². The molecule has 2 aromatic rings. The van der Waals surface area contributed by atoms with Gasteiger partial charge in [0.15, 0.2) is 18.0 Å². The van der Waals surface area contributed by atoms with Crippen molar-refractivity contribution in [3.63, 3.8) is 0 Å². The summed E-state index contributed by atoms with van der Waals surface area (Å²) in [5.41, 5.74) is -4.13. The Hall–Kier alpha value is -2.02. The number of hydrogen-bond donors (Lipinski definition) is 2. The van der Waals surface area contributed by atoms with Crippen molar-refractivity contribution in [2.45, 2.75) is 37.1 Å². The molecular weight excluding hydrogens is 464 g/mol. The number of hydrogen-bond acceptors (Lipinski definition) is 8. The van der Waals surface area contributed by atoms with Gasteiger partial charge in [-0.3, -0.25) is 23.4 Å². The van der Waals surface area contributed by atoms with Crippen LogP contribution in [-0.2, 0) is 32.2 Å². The van der Waals surface area contributed by atoms with Gasteiger partial charge in [-0.2, -0.15) is 0 Å². The lowest BCUT2D eigenvalue weighted by Crippen LogP contribution is -2.50. The van der Waals surface area contributed by atoms with Crippen LogP contribution < -0.4 is 15.8 Å². The number of para-hydroxylation sites is 1. The molecule has 0 aliphatic carbocycles. The van der Waals surface area contributed by atoms with E-state index in [9.17, 15) is 27.9 Å². The summed E-state index contributed by atoms with van der Waals surface area (Å²) in [4.78, 5) is 25.0. The molecule has 3 heterocycles. The molecule has 1 saturated heterocycles. The monoisotopic (exact) mass is 480 g/mol. The van der Waals surface area contributed by atoms with Crippen LogP contribution in [0.3, 0.4) is 0 Å². The van der Waals surface area contributed by atoms with Crippen LogP contribution in [0.4, 0.5) is 13.2 Å². The Labute approximate surface area is 177 Å². The van der Waals surface area contributed by atoms with Gasteiger partial charge in [0, 0.05) is 29.6 Å². The van der Waals surface area contributed by atoms with Crippen molar-refractivity contribution in [1.29, 1.82) is 0 Å². The number of benzene rings is 1. The molecule has 2 aliphatic rings.